The minimum Gasteiger partial charge on any atom is -0.434 e. The second-order valence-electron chi connectivity index (χ2n) is 9.79. The van der Waals surface area contributed by atoms with Crippen LogP contribution in [0.2, 0.25) is 4.34 Å². The molecule has 206 valence electrons. The molecule has 9 nitrogen and oxygen atoms in total. The van der Waals surface area contributed by atoms with E-state index in [1.54, 1.807) is 19.1 Å². The SMILES string of the molecule is CCOC(=O)Oc1ccc2c(c1)cc(C(=O)NC1CCN(C(C)C)CC1)n2Cc1cc(-c2ccc(Cl)s2)on1. The minimum atomic E-state index is -0.772. The van der Waals surface area contributed by atoms with E-state index in [0.29, 0.717) is 39.8 Å². The fourth-order valence-corrected chi connectivity index (χ4v) is 5.84. The number of halogens is 1. The highest BCUT2D eigenvalue weighted by Crippen LogP contribution is 2.32. The number of nitrogens with zero attached hydrogens (tertiary/aromatic N) is 3. The molecule has 0 bridgehead atoms. The Morgan fingerprint density at radius 3 is 2.67 bits per heavy atom. The van der Waals surface area contributed by atoms with Gasteiger partial charge in [0.25, 0.3) is 5.91 Å². The summed E-state index contributed by atoms with van der Waals surface area (Å²) in [4.78, 5) is 28.7. The molecule has 1 aromatic carbocycles. The van der Waals surface area contributed by atoms with Crippen molar-refractivity contribution in [1.29, 1.82) is 0 Å². The van der Waals surface area contributed by atoms with Gasteiger partial charge in [-0.15, -0.1) is 11.3 Å². The van der Waals surface area contributed by atoms with Crippen molar-refractivity contribution in [3.63, 3.8) is 0 Å². The number of hydrogen-bond donors (Lipinski definition) is 1. The van der Waals surface area contributed by atoms with E-state index in [2.05, 4.69) is 29.2 Å². The molecule has 0 radical (unpaired) electrons. The van der Waals surface area contributed by atoms with Crippen molar-refractivity contribution in [2.75, 3.05) is 19.7 Å². The van der Waals surface area contributed by atoms with Crippen LogP contribution < -0.4 is 10.1 Å². The fourth-order valence-electron chi connectivity index (χ4n) is 4.85. The third-order valence-corrected chi connectivity index (χ3v) is 8.10. The molecule has 0 unspecified atom stereocenters. The summed E-state index contributed by atoms with van der Waals surface area (Å²) >= 11 is 7.49. The Morgan fingerprint density at radius 1 is 1.18 bits per heavy atom. The van der Waals surface area contributed by atoms with E-state index in [9.17, 15) is 9.59 Å². The van der Waals surface area contributed by atoms with Gasteiger partial charge >= 0.3 is 6.16 Å². The molecule has 1 amide bonds. The summed E-state index contributed by atoms with van der Waals surface area (Å²) in [5, 5.41) is 8.23. The lowest BCUT2D eigenvalue weighted by Crippen LogP contribution is -2.46. The average molecular weight is 571 g/mol. The van der Waals surface area contributed by atoms with Crippen LogP contribution >= 0.6 is 22.9 Å². The molecule has 0 atom stereocenters. The van der Waals surface area contributed by atoms with Gasteiger partial charge in [-0.2, -0.15) is 0 Å². The van der Waals surface area contributed by atoms with Crippen LogP contribution in [-0.2, 0) is 11.3 Å². The van der Waals surface area contributed by atoms with E-state index < -0.39 is 6.16 Å². The quantitative estimate of drug-likeness (QED) is 0.199. The molecule has 1 N–H and O–H groups in total. The summed E-state index contributed by atoms with van der Waals surface area (Å²) in [6, 6.07) is 13.2. The fraction of sp³-hybridized carbons (Fsp3) is 0.393. The zero-order chi connectivity index (χ0) is 27.5. The smallest absolute Gasteiger partial charge is 0.434 e. The van der Waals surface area contributed by atoms with Gasteiger partial charge < -0.3 is 28.8 Å². The first-order valence-corrected chi connectivity index (χ1v) is 14.2. The van der Waals surface area contributed by atoms with E-state index in [0.717, 1.165) is 41.7 Å². The Labute approximate surface area is 235 Å². The van der Waals surface area contributed by atoms with Crippen molar-refractivity contribution in [2.45, 2.75) is 52.2 Å². The van der Waals surface area contributed by atoms with Crippen molar-refractivity contribution in [3.05, 3.63) is 58.2 Å². The van der Waals surface area contributed by atoms with E-state index >= 15 is 0 Å². The van der Waals surface area contributed by atoms with Gasteiger partial charge in [0.1, 0.15) is 17.1 Å². The van der Waals surface area contributed by atoms with Crippen molar-refractivity contribution >= 4 is 45.9 Å². The predicted molar refractivity (Wildman–Crippen MR) is 151 cm³/mol. The second-order valence-corrected chi connectivity index (χ2v) is 11.5. The van der Waals surface area contributed by atoms with Crippen LogP contribution in [0.3, 0.4) is 0 Å². The van der Waals surface area contributed by atoms with Crippen molar-refractivity contribution in [1.82, 2.24) is 19.9 Å². The number of likely N-dealkylation sites (tertiary alicyclic amines) is 1. The normalized spacial score (nSPS) is 14.7. The lowest BCUT2D eigenvalue weighted by atomic mass is 10.0. The molecular formula is C28H31ClN4O5S. The molecule has 0 saturated carbocycles. The number of carbonyl (C=O) groups is 2. The maximum Gasteiger partial charge on any atom is 0.513 e. The van der Waals surface area contributed by atoms with Gasteiger partial charge in [-0.05, 0) is 70.0 Å². The highest BCUT2D eigenvalue weighted by Gasteiger charge is 2.25. The van der Waals surface area contributed by atoms with Gasteiger partial charge in [0.2, 0.25) is 0 Å². The number of rotatable bonds is 8. The monoisotopic (exact) mass is 570 g/mol. The molecule has 0 aliphatic carbocycles. The van der Waals surface area contributed by atoms with Gasteiger partial charge in [0.15, 0.2) is 5.76 Å². The molecule has 0 spiro atoms. The minimum absolute atomic E-state index is 0.101. The summed E-state index contributed by atoms with van der Waals surface area (Å²) in [6.07, 6.45) is 1.03. The molecule has 1 aliphatic rings. The van der Waals surface area contributed by atoms with Gasteiger partial charge in [0.05, 0.1) is 22.4 Å². The first-order chi connectivity index (χ1) is 18.8. The number of aromatic nitrogens is 2. The number of fused-ring (bicyclic) bond motifs is 1. The second kappa shape index (κ2) is 11.8. The Bertz CT molecular complexity index is 1470. The first kappa shape index (κ1) is 27.2. The van der Waals surface area contributed by atoms with Crippen LogP contribution in [0, 0.1) is 0 Å². The Balaban J connectivity index is 1.42. The van der Waals surface area contributed by atoms with Gasteiger partial charge in [-0.1, -0.05) is 16.8 Å². The lowest BCUT2D eigenvalue weighted by molar-refractivity contribution is 0.0891. The number of amides is 1. The third kappa shape index (κ3) is 6.29. The van der Waals surface area contributed by atoms with Gasteiger partial charge in [-0.3, -0.25) is 4.79 Å². The summed E-state index contributed by atoms with van der Waals surface area (Å²) in [6.45, 7) is 8.54. The molecule has 4 heterocycles. The number of benzene rings is 1. The van der Waals surface area contributed by atoms with Crippen molar-refractivity contribution in [2.24, 2.45) is 0 Å². The molecule has 4 aromatic rings. The van der Waals surface area contributed by atoms with Crippen LogP contribution in [0.15, 0.2) is 47.0 Å². The largest absolute Gasteiger partial charge is 0.513 e. The van der Waals surface area contributed by atoms with E-state index in [1.807, 2.05) is 34.9 Å². The predicted octanol–water partition coefficient (Wildman–Crippen LogP) is 6.20. The number of hydrogen-bond acceptors (Lipinski definition) is 8. The first-order valence-electron chi connectivity index (χ1n) is 13.0. The Hall–Kier alpha value is -3.34. The van der Waals surface area contributed by atoms with Crippen LogP contribution in [0.4, 0.5) is 4.79 Å². The highest BCUT2D eigenvalue weighted by atomic mass is 35.5. The van der Waals surface area contributed by atoms with Crippen LogP contribution in [0.1, 0.15) is 49.8 Å². The summed E-state index contributed by atoms with van der Waals surface area (Å²) < 4.78 is 18.3. The molecule has 1 aliphatic heterocycles. The number of piperidine rings is 1. The highest BCUT2D eigenvalue weighted by molar-refractivity contribution is 7.19. The summed E-state index contributed by atoms with van der Waals surface area (Å²) in [5.74, 6) is 0.798. The van der Waals surface area contributed by atoms with Gasteiger partial charge in [0, 0.05) is 42.1 Å². The average Bonchev–Trinajstić information content (AvgIpc) is 3.63. The van der Waals surface area contributed by atoms with E-state index in [4.69, 9.17) is 25.6 Å². The van der Waals surface area contributed by atoms with Crippen LogP contribution in [0.25, 0.3) is 21.5 Å². The van der Waals surface area contributed by atoms with Crippen molar-refractivity contribution in [3.8, 4) is 16.4 Å². The molecule has 3 aromatic heterocycles. The van der Waals surface area contributed by atoms with Crippen molar-refractivity contribution < 1.29 is 23.6 Å². The molecule has 5 rings (SSSR count). The molecule has 39 heavy (non-hydrogen) atoms. The maximum absolute atomic E-state index is 13.6. The Morgan fingerprint density at radius 2 is 1.97 bits per heavy atom. The number of thiophene rings is 1. The third-order valence-electron chi connectivity index (χ3n) is 6.86. The standard InChI is InChI=1S/C28H31ClN4O5S/c1-4-36-28(35)37-21-5-6-22-18(13-21)14-23(27(34)30-19-9-11-32(12-10-19)17(2)3)33(22)16-20-15-24(38-31-20)25-7-8-26(29)39-25/h5-8,13-15,17,19H,4,9-12,16H2,1-3H3,(H,30,34). The zero-order valence-corrected chi connectivity index (χ0v) is 23.7. The number of ether oxygens (including phenoxy) is 2. The van der Waals surface area contributed by atoms with E-state index in [1.165, 1.54) is 11.3 Å². The number of carbonyl (C=O) groups excluding carboxylic acids is 2. The van der Waals surface area contributed by atoms with Crippen LogP contribution in [0.5, 0.6) is 5.75 Å². The van der Waals surface area contributed by atoms with Crippen LogP contribution in [-0.4, -0.2) is 58.5 Å². The molecule has 1 fully saturated rings. The Kier molecular flexibility index (Phi) is 8.25. The molecule has 1 saturated heterocycles. The topological polar surface area (TPSA) is 98.8 Å². The zero-order valence-electron chi connectivity index (χ0n) is 22.1. The van der Waals surface area contributed by atoms with Gasteiger partial charge in [-0.25, -0.2) is 4.79 Å². The molecule has 11 heteroatoms. The summed E-state index contributed by atoms with van der Waals surface area (Å²) in [5.41, 5.74) is 1.96. The molecular weight excluding hydrogens is 540 g/mol. The van der Waals surface area contributed by atoms with E-state index in [-0.39, 0.29) is 18.6 Å². The maximum atomic E-state index is 13.6. The number of nitrogens with one attached hydrogen (secondary N) is 1. The summed E-state index contributed by atoms with van der Waals surface area (Å²) in [7, 11) is 0. The lowest BCUT2D eigenvalue weighted by Gasteiger charge is -2.34.